The standard InChI is InChI=1S/C24H26N2O5/c1-3-30-24(29)17-11-25-12-19-16-9-14(2)18(10-16)26(19)23(28)20(25)22(21(17)27)31-13-15-7-5-4-6-8-15/h4-8,11,14,16,18-19H,3,9-10,12-13H2,1-2H3/t14-,16+,18+,19+/m0/s1. The molecule has 1 amide bonds. The monoisotopic (exact) mass is 422 g/mol. The van der Waals surface area contributed by atoms with Crippen LogP contribution in [0, 0.1) is 11.8 Å². The molecule has 7 nitrogen and oxygen atoms in total. The summed E-state index contributed by atoms with van der Waals surface area (Å²) in [5.41, 5.74) is 0.429. The number of rotatable bonds is 5. The minimum atomic E-state index is -0.691. The molecular formula is C24H26N2O5. The minimum Gasteiger partial charge on any atom is -0.483 e. The number of esters is 1. The van der Waals surface area contributed by atoms with E-state index in [0.717, 1.165) is 18.4 Å². The van der Waals surface area contributed by atoms with Crippen LogP contribution in [0.1, 0.15) is 53.1 Å². The molecule has 5 rings (SSSR count). The zero-order valence-electron chi connectivity index (χ0n) is 17.7. The fraction of sp³-hybridized carbons (Fsp3) is 0.458. The average Bonchev–Trinajstić information content (AvgIpc) is 3.31. The van der Waals surface area contributed by atoms with Gasteiger partial charge in [0.15, 0.2) is 11.4 Å². The Balaban J connectivity index is 1.59. The van der Waals surface area contributed by atoms with Crippen LogP contribution >= 0.6 is 0 Å². The third kappa shape index (κ3) is 3.14. The summed E-state index contributed by atoms with van der Waals surface area (Å²) >= 11 is 0. The second-order valence-electron chi connectivity index (χ2n) is 8.75. The van der Waals surface area contributed by atoms with E-state index in [4.69, 9.17) is 9.47 Å². The minimum absolute atomic E-state index is 0.0618. The summed E-state index contributed by atoms with van der Waals surface area (Å²) in [5.74, 6) is -0.0184. The topological polar surface area (TPSA) is 77.8 Å². The predicted molar refractivity (Wildman–Crippen MR) is 113 cm³/mol. The number of carbonyl (C=O) groups is 2. The van der Waals surface area contributed by atoms with Crippen molar-refractivity contribution in [2.75, 3.05) is 6.61 Å². The molecule has 1 aromatic heterocycles. The maximum atomic E-state index is 13.6. The Hall–Kier alpha value is -3.09. The first-order chi connectivity index (χ1) is 15.0. The highest BCUT2D eigenvalue weighted by Crippen LogP contribution is 2.48. The molecule has 0 spiro atoms. The van der Waals surface area contributed by atoms with Crippen LogP contribution < -0.4 is 10.2 Å². The molecule has 1 saturated carbocycles. The van der Waals surface area contributed by atoms with E-state index >= 15 is 0 Å². The van der Waals surface area contributed by atoms with Crippen molar-refractivity contribution >= 4 is 11.9 Å². The van der Waals surface area contributed by atoms with Gasteiger partial charge >= 0.3 is 5.97 Å². The summed E-state index contributed by atoms with van der Waals surface area (Å²) in [5, 5.41) is 0. The van der Waals surface area contributed by atoms with Crippen molar-refractivity contribution in [1.29, 1.82) is 0 Å². The quantitative estimate of drug-likeness (QED) is 0.693. The Labute approximate surface area is 180 Å². The highest BCUT2D eigenvalue weighted by atomic mass is 16.5. The van der Waals surface area contributed by atoms with Crippen molar-refractivity contribution < 1.29 is 19.1 Å². The van der Waals surface area contributed by atoms with Crippen molar-refractivity contribution in [2.45, 2.75) is 51.9 Å². The number of fused-ring (bicyclic) bond motifs is 6. The van der Waals surface area contributed by atoms with Crippen LogP contribution in [0.5, 0.6) is 5.75 Å². The van der Waals surface area contributed by atoms with Gasteiger partial charge in [-0.2, -0.15) is 0 Å². The normalized spacial score (nSPS) is 25.9. The van der Waals surface area contributed by atoms with Crippen LogP contribution in [0.2, 0.25) is 0 Å². The van der Waals surface area contributed by atoms with E-state index in [1.807, 2.05) is 35.2 Å². The predicted octanol–water partition coefficient (Wildman–Crippen LogP) is 2.86. The lowest BCUT2D eigenvalue weighted by molar-refractivity contribution is 0.0388. The number of aromatic nitrogens is 1. The summed E-state index contributed by atoms with van der Waals surface area (Å²) < 4.78 is 12.8. The van der Waals surface area contributed by atoms with Gasteiger partial charge in [0.05, 0.1) is 12.6 Å². The number of pyridine rings is 1. The molecule has 2 bridgehead atoms. The zero-order valence-corrected chi connectivity index (χ0v) is 17.7. The first-order valence-electron chi connectivity index (χ1n) is 10.9. The number of hydrogen-bond donors (Lipinski definition) is 0. The lowest BCUT2D eigenvalue weighted by atomic mass is 9.91. The van der Waals surface area contributed by atoms with Crippen molar-refractivity contribution in [3.05, 3.63) is 63.6 Å². The molecule has 2 aliphatic heterocycles. The lowest BCUT2D eigenvalue weighted by Crippen LogP contribution is -2.54. The van der Waals surface area contributed by atoms with Gasteiger partial charge in [-0.05, 0) is 37.2 Å². The number of nitrogens with zero attached hydrogens (tertiary/aromatic N) is 2. The third-order valence-corrected chi connectivity index (χ3v) is 6.91. The lowest BCUT2D eigenvalue weighted by Gasteiger charge is -2.43. The van der Waals surface area contributed by atoms with Crippen LogP contribution in [0.15, 0.2) is 41.3 Å². The SMILES string of the molecule is CCOC(=O)c1cn2c(c(OCc3ccccc3)c1=O)C(=O)N1[C@H](C2)[C@H]2C[C@@H]1[C@@H](C)C2. The summed E-state index contributed by atoms with van der Waals surface area (Å²) in [6.45, 7) is 4.74. The molecule has 2 fully saturated rings. The van der Waals surface area contributed by atoms with E-state index in [2.05, 4.69) is 6.92 Å². The van der Waals surface area contributed by atoms with Crippen LogP contribution in [0.25, 0.3) is 0 Å². The fourth-order valence-electron chi connectivity index (χ4n) is 5.53. The molecule has 0 radical (unpaired) electrons. The zero-order chi connectivity index (χ0) is 21.7. The molecule has 7 heteroatoms. The number of hydrogen-bond acceptors (Lipinski definition) is 5. The molecule has 4 atom stereocenters. The molecule has 0 unspecified atom stereocenters. The molecule has 2 aromatic rings. The van der Waals surface area contributed by atoms with Gasteiger partial charge in [-0.15, -0.1) is 0 Å². The Bertz CT molecular complexity index is 1090. The summed E-state index contributed by atoms with van der Waals surface area (Å²) in [6.07, 6.45) is 3.59. The molecule has 0 N–H and O–H groups in total. The maximum Gasteiger partial charge on any atom is 0.343 e. The van der Waals surface area contributed by atoms with Crippen LogP contribution in [0.4, 0.5) is 0 Å². The first-order valence-corrected chi connectivity index (χ1v) is 10.9. The van der Waals surface area contributed by atoms with Gasteiger partial charge in [0.2, 0.25) is 5.43 Å². The summed E-state index contributed by atoms with van der Waals surface area (Å²) in [4.78, 5) is 41.3. The van der Waals surface area contributed by atoms with Gasteiger partial charge in [-0.1, -0.05) is 37.3 Å². The average molecular weight is 422 g/mol. The number of amides is 1. The molecular weight excluding hydrogens is 396 g/mol. The second-order valence-corrected chi connectivity index (χ2v) is 8.75. The fourth-order valence-corrected chi connectivity index (χ4v) is 5.53. The number of carbonyl (C=O) groups excluding carboxylic acids is 2. The van der Waals surface area contributed by atoms with E-state index in [1.165, 1.54) is 6.20 Å². The maximum absolute atomic E-state index is 13.6. The van der Waals surface area contributed by atoms with Crippen molar-refractivity contribution in [2.24, 2.45) is 11.8 Å². The van der Waals surface area contributed by atoms with Crippen molar-refractivity contribution in [3.63, 3.8) is 0 Å². The summed E-state index contributed by atoms with van der Waals surface area (Å²) in [6, 6.07) is 9.74. The number of benzene rings is 1. The molecule has 3 aliphatic rings. The van der Waals surface area contributed by atoms with E-state index in [9.17, 15) is 14.4 Å². The van der Waals surface area contributed by atoms with Gasteiger partial charge in [0.1, 0.15) is 12.2 Å². The van der Waals surface area contributed by atoms with Crippen LogP contribution in [0.3, 0.4) is 0 Å². The highest BCUT2D eigenvalue weighted by Gasteiger charge is 2.54. The molecule has 1 saturated heterocycles. The van der Waals surface area contributed by atoms with Gasteiger partial charge in [0, 0.05) is 18.8 Å². The smallest absolute Gasteiger partial charge is 0.343 e. The highest BCUT2D eigenvalue weighted by molar-refractivity contribution is 5.98. The first kappa shape index (κ1) is 19.8. The molecule has 31 heavy (non-hydrogen) atoms. The van der Waals surface area contributed by atoms with Gasteiger partial charge < -0.3 is 18.9 Å². The van der Waals surface area contributed by atoms with E-state index in [-0.39, 0.29) is 48.2 Å². The Kier molecular flexibility index (Phi) is 4.84. The van der Waals surface area contributed by atoms with Crippen LogP contribution in [-0.4, -0.2) is 40.0 Å². The van der Waals surface area contributed by atoms with Gasteiger partial charge in [0.25, 0.3) is 5.91 Å². The Morgan fingerprint density at radius 1 is 1.13 bits per heavy atom. The van der Waals surface area contributed by atoms with Crippen LogP contribution in [-0.2, 0) is 17.9 Å². The second kappa shape index (κ2) is 7.55. The van der Waals surface area contributed by atoms with E-state index in [1.54, 1.807) is 11.5 Å². The molecule has 3 heterocycles. The summed E-state index contributed by atoms with van der Waals surface area (Å²) in [7, 11) is 0. The molecule has 162 valence electrons. The van der Waals surface area contributed by atoms with E-state index < -0.39 is 11.4 Å². The van der Waals surface area contributed by atoms with Gasteiger partial charge in [-0.25, -0.2) is 4.79 Å². The van der Waals surface area contributed by atoms with Crippen molar-refractivity contribution in [1.82, 2.24) is 9.47 Å². The molecule has 1 aromatic carbocycles. The van der Waals surface area contributed by atoms with E-state index in [0.29, 0.717) is 18.4 Å². The third-order valence-electron chi connectivity index (χ3n) is 6.91. The largest absolute Gasteiger partial charge is 0.483 e. The Morgan fingerprint density at radius 3 is 2.65 bits per heavy atom. The number of piperidine rings is 1. The number of ether oxygens (including phenoxy) is 2. The van der Waals surface area contributed by atoms with Crippen molar-refractivity contribution in [3.8, 4) is 5.75 Å². The molecule has 1 aliphatic carbocycles. The van der Waals surface area contributed by atoms with Gasteiger partial charge in [-0.3, -0.25) is 9.59 Å². The Morgan fingerprint density at radius 2 is 1.90 bits per heavy atom.